The predicted molar refractivity (Wildman–Crippen MR) is 104 cm³/mol. The Morgan fingerprint density at radius 3 is 2.80 bits per heavy atom. The minimum Gasteiger partial charge on any atom is -0.306 e. The van der Waals surface area contributed by atoms with E-state index in [4.69, 9.17) is 11.6 Å². The van der Waals surface area contributed by atoms with Crippen LogP contribution in [0.1, 0.15) is 20.8 Å². The van der Waals surface area contributed by atoms with Crippen LogP contribution < -0.4 is 5.32 Å². The monoisotopic (exact) mass is 367 g/mol. The maximum atomic E-state index is 12.6. The highest BCUT2D eigenvalue weighted by atomic mass is 35.5. The van der Waals surface area contributed by atoms with E-state index in [0.717, 1.165) is 32.1 Å². The lowest BCUT2D eigenvalue weighted by atomic mass is 10.1. The number of fused-ring (bicyclic) bond motifs is 3. The smallest absolute Gasteiger partial charge is 0.266 e. The second-order valence-electron chi connectivity index (χ2n) is 5.90. The summed E-state index contributed by atoms with van der Waals surface area (Å²) in [5.74, 6) is 0.370. The SMILES string of the molecule is Cc1ccc2nc(Cl)c3cc(C(=O)Nc4ncccc4C)sc3c2c1. The molecule has 25 heavy (non-hydrogen) atoms. The largest absolute Gasteiger partial charge is 0.306 e. The molecule has 0 atom stereocenters. The number of aryl methyl sites for hydroxylation is 2. The van der Waals surface area contributed by atoms with Crippen LogP contribution in [-0.2, 0) is 0 Å². The first-order valence-electron chi connectivity index (χ1n) is 7.75. The zero-order valence-electron chi connectivity index (χ0n) is 13.6. The fraction of sp³-hybridized carbons (Fsp3) is 0.105. The van der Waals surface area contributed by atoms with Crippen LogP contribution in [0.5, 0.6) is 0 Å². The first-order chi connectivity index (χ1) is 12.0. The molecule has 3 aromatic heterocycles. The number of rotatable bonds is 2. The molecule has 3 heterocycles. The van der Waals surface area contributed by atoms with Crippen LogP contribution in [0.15, 0.2) is 42.6 Å². The molecule has 0 saturated heterocycles. The maximum Gasteiger partial charge on any atom is 0.266 e. The van der Waals surface area contributed by atoms with Crippen molar-refractivity contribution in [3.63, 3.8) is 0 Å². The normalized spacial score (nSPS) is 11.2. The van der Waals surface area contributed by atoms with Gasteiger partial charge in [-0.1, -0.05) is 29.3 Å². The third-order valence-electron chi connectivity index (χ3n) is 4.03. The highest BCUT2D eigenvalue weighted by Gasteiger charge is 2.16. The van der Waals surface area contributed by atoms with Crippen LogP contribution in [0.2, 0.25) is 5.15 Å². The molecule has 0 aliphatic carbocycles. The van der Waals surface area contributed by atoms with Gasteiger partial charge in [-0.3, -0.25) is 4.79 Å². The van der Waals surface area contributed by atoms with Gasteiger partial charge in [-0.15, -0.1) is 11.3 Å². The topological polar surface area (TPSA) is 54.9 Å². The van der Waals surface area contributed by atoms with E-state index < -0.39 is 0 Å². The molecule has 124 valence electrons. The minimum atomic E-state index is -0.195. The van der Waals surface area contributed by atoms with E-state index in [2.05, 4.69) is 21.4 Å². The van der Waals surface area contributed by atoms with Crippen LogP contribution >= 0.6 is 22.9 Å². The Balaban J connectivity index is 1.82. The van der Waals surface area contributed by atoms with Crippen LogP contribution in [0.4, 0.5) is 5.82 Å². The van der Waals surface area contributed by atoms with E-state index in [1.165, 1.54) is 11.3 Å². The molecular formula is C19H14ClN3OS. The molecule has 4 nitrogen and oxygen atoms in total. The zero-order valence-corrected chi connectivity index (χ0v) is 15.2. The first kappa shape index (κ1) is 16.0. The Labute approximate surface area is 153 Å². The van der Waals surface area contributed by atoms with Gasteiger partial charge in [0.25, 0.3) is 5.91 Å². The quantitative estimate of drug-likeness (QED) is 0.485. The van der Waals surface area contributed by atoms with Gasteiger partial charge < -0.3 is 5.32 Å². The van der Waals surface area contributed by atoms with Gasteiger partial charge in [-0.25, -0.2) is 9.97 Å². The summed E-state index contributed by atoms with van der Waals surface area (Å²) in [6.45, 7) is 3.94. The summed E-state index contributed by atoms with van der Waals surface area (Å²) in [6, 6.07) is 11.6. The van der Waals surface area contributed by atoms with Crippen molar-refractivity contribution < 1.29 is 4.79 Å². The van der Waals surface area contributed by atoms with Gasteiger partial charge in [0.2, 0.25) is 0 Å². The second-order valence-corrected chi connectivity index (χ2v) is 7.31. The molecule has 1 aromatic carbocycles. The van der Waals surface area contributed by atoms with Gasteiger partial charge in [0.1, 0.15) is 11.0 Å². The van der Waals surface area contributed by atoms with Crippen LogP contribution in [0.25, 0.3) is 21.0 Å². The number of amides is 1. The molecule has 0 aliphatic heterocycles. The Hall–Kier alpha value is -2.50. The lowest BCUT2D eigenvalue weighted by Crippen LogP contribution is -2.12. The molecule has 0 radical (unpaired) electrons. The number of nitrogens with one attached hydrogen (secondary N) is 1. The van der Waals surface area contributed by atoms with Crippen molar-refractivity contribution in [3.05, 3.63) is 63.8 Å². The minimum absolute atomic E-state index is 0.195. The standard InChI is InChI=1S/C19H14ClN3OS/c1-10-5-6-14-12(8-10)16-13(17(20)22-14)9-15(25-16)19(24)23-18-11(2)4-3-7-21-18/h3-9H,1-2H3,(H,21,23,24). The molecule has 0 unspecified atom stereocenters. The number of benzene rings is 1. The number of pyridine rings is 2. The molecule has 1 N–H and O–H groups in total. The van der Waals surface area contributed by atoms with Crippen LogP contribution in [0, 0.1) is 13.8 Å². The zero-order chi connectivity index (χ0) is 17.6. The Kier molecular flexibility index (Phi) is 3.90. The number of nitrogens with zero attached hydrogens (tertiary/aromatic N) is 2. The molecule has 6 heteroatoms. The highest BCUT2D eigenvalue weighted by molar-refractivity contribution is 7.22. The molecule has 0 bridgehead atoms. The number of hydrogen-bond donors (Lipinski definition) is 1. The van der Waals surface area contributed by atoms with Gasteiger partial charge in [0, 0.05) is 21.7 Å². The molecule has 1 amide bonds. The number of carbonyl (C=O) groups excluding carboxylic acids is 1. The van der Waals surface area contributed by atoms with E-state index in [0.29, 0.717) is 15.8 Å². The van der Waals surface area contributed by atoms with Crippen molar-refractivity contribution in [2.45, 2.75) is 13.8 Å². The molecule has 0 spiro atoms. The molecular weight excluding hydrogens is 354 g/mol. The van der Waals surface area contributed by atoms with Crippen LogP contribution in [0.3, 0.4) is 0 Å². The van der Waals surface area contributed by atoms with E-state index in [-0.39, 0.29) is 5.91 Å². The van der Waals surface area contributed by atoms with E-state index in [1.807, 2.05) is 38.1 Å². The predicted octanol–water partition coefficient (Wildman–Crippen LogP) is 5.37. The van der Waals surface area contributed by atoms with Gasteiger partial charge in [-0.2, -0.15) is 0 Å². The molecule has 0 fully saturated rings. The van der Waals surface area contributed by atoms with E-state index >= 15 is 0 Å². The Morgan fingerprint density at radius 1 is 1.16 bits per heavy atom. The van der Waals surface area contributed by atoms with Crippen molar-refractivity contribution in [3.8, 4) is 0 Å². The van der Waals surface area contributed by atoms with Crippen molar-refractivity contribution >= 4 is 55.7 Å². The lowest BCUT2D eigenvalue weighted by Gasteiger charge is -2.04. The average molecular weight is 368 g/mol. The third kappa shape index (κ3) is 2.86. The summed E-state index contributed by atoms with van der Waals surface area (Å²) in [7, 11) is 0. The van der Waals surface area contributed by atoms with Crippen molar-refractivity contribution in [1.29, 1.82) is 0 Å². The van der Waals surface area contributed by atoms with E-state index in [9.17, 15) is 4.79 Å². The van der Waals surface area contributed by atoms with Gasteiger partial charge >= 0.3 is 0 Å². The van der Waals surface area contributed by atoms with Gasteiger partial charge in [0.05, 0.1) is 10.4 Å². The summed E-state index contributed by atoms with van der Waals surface area (Å²) in [4.78, 5) is 21.9. The average Bonchev–Trinajstić information content (AvgIpc) is 3.04. The third-order valence-corrected chi connectivity index (χ3v) is 5.49. The van der Waals surface area contributed by atoms with Crippen molar-refractivity contribution in [1.82, 2.24) is 9.97 Å². The number of aromatic nitrogens is 2. The first-order valence-corrected chi connectivity index (χ1v) is 8.95. The Bertz CT molecular complexity index is 1140. The number of thiophene rings is 1. The van der Waals surface area contributed by atoms with Gasteiger partial charge in [-0.05, 0) is 43.7 Å². The number of hydrogen-bond acceptors (Lipinski definition) is 4. The number of halogens is 1. The van der Waals surface area contributed by atoms with Gasteiger partial charge in [0.15, 0.2) is 0 Å². The second kappa shape index (κ2) is 6.10. The molecule has 0 aliphatic rings. The summed E-state index contributed by atoms with van der Waals surface area (Å²) in [5, 5.41) is 5.09. The van der Waals surface area contributed by atoms with Crippen molar-refractivity contribution in [2.75, 3.05) is 5.32 Å². The summed E-state index contributed by atoms with van der Waals surface area (Å²) in [5.41, 5.74) is 2.89. The molecule has 4 rings (SSSR count). The maximum absolute atomic E-state index is 12.6. The fourth-order valence-corrected chi connectivity index (χ4v) is 4.11. The number of anilines is 1. The van der Waals surface area contributed by atoms with Crippen LogP contribution in [-0.4, -0.2) is 15.9 Å². The van der Waals surface area contributed by atoms with E-state index in [1.54, 1.807) is 12.3 Å². The Morgan fingerprint density at radius 2 is 2.00 bits per heavy atom. The lowest BCUT2D eigenvalue weighted by molar-refractivity contribution is 0.103. The molecule has 0 saturated carbocycles. The summed E-state index contributed by atoms with van der Waals surface area (Å²) in [6.07, 6.45) is 1.66. The highest BCUT2D eigenvalue weighted by Crippen LogP contribution is 2.36. The fourth-order valence-electron chi connectivity index (χ4n) is 2.74. The van der Waals surface area contributed by atoms with Crippen molar-refractivity contribution in [2.24, 2.45) is 0 Å². The number of carbonyl (C=O) groups is 1. The summed E-state index contributed by atoms with van der Waals surface area (Å²) >= 11 is 7.75. The summed E-state index contributed by atoms with van der Waals surface area (Å²) < 4.78 is 0.974. The molecule has 4 aromatic rings.